The molecule has 0 radical (unpaired) electrons. The lowest BCUT2D eigenvalue weighted by atomic mass is 10.2. The van der Waals surface area contributed by atoms with Gasteiger partial charge in [-0.15, -0.1) is 11.3 Å². The number of methoxy groups -OCH3 is 1. The highest BCUT2D eigenvalue weighted by molar-refractivity contribution is 9.11. The lowest BCUT2D eigenvalue weighted by molar-refractivity contribution is -0.288. The number of nitrogens with zero attached hydrogens (tertiary/aromatic N) is 1. The van der Waals surface area contributed by atoms with E-state index in [1.54, 1.807) is 0 Å². The average molecular weight is 340 g/mol. The quantitative estimate of drug-likeness (QED) is 0.612. The number of halogens is 6. The Labute approximate surface area is 104 Å². The lowest BCUT2D eigenvalue weighted by Gasteiger charge is -2.18. The summed E-state index contributed by atoms with van der Waals surface area (Å²) in [5.74, 6) is -6.51. The van der Waals surface area contributed by atoms with E-state index in [4.69, 9.17) is 0 Å². The topological polar surface area (TPSA) is 39.2 Å². The Kier molecular flexibility index (Phi) is 3.77. The van der Waals surface area contributed by atoms with Crippen LogP contribution in [0, 0.1) is 0 Å². The molecule has 0 amide bonds. The molecular formula is C7H3BrF5NO2S. The second-order valence-corrected chi connectivity index (χ2v) is 4.98. The summed E-state index contributed by atoms with van der Waals surface area (Å²) in [6.45, 7) is 0. The predicted octanol–water partition coefficient (Wildman–Crippen LogP) is 3.35. The molecular weight excluding hydrogens is 337 g/mol. The van der Waals surface area contributed by atoms with Crippen molar-refractivity contribution in [3.8, 4) is 0 Å². The fraction of sp³-hybridized carbons (Fsp3) is 0.429. The molecule has 1 rings (SSSR count). The van der Waals surface area contributed by atoms with Gasteiger partial charge in [0, 0.05) is 0 Å². The molecule has 1 heterocycles. The molecule has 3 nitrogen and oxygen atoms in total. The largest absolute Gasteiger partial charge is 0.464 e. The van der Waals surface area contributed by atoms with Crippen molar-refractivity contribution in [3.63, 3.8) is 0 Å². The van der Waals surface area contributed by atoms with Crippen LogP contribution in [-0.2, 0) is 10.7 Å². The molecule has 0 aliphatic carbocycles. The van der Waals surface area contributed by atoms with E-state index in [9.17, 15) is 26.7 Å². The number of esters is 1. The van der Waals surface area contributed by atoms with Crippen LogP contribution in [0.1, 0.15) is 15.4 Å². The second-order valence-electron chi connectivity index (χ2n) is 2.71. The summed E-state index contributed by atoms with van der Waals surface area (Å²) in [6, 6.07) is 0. The number of thiazole rings is 1. The predicted molar refractivity (Wildman–Crippen MR) is 51.1 cm³/mol. The monoisotopic (exact) mass is 339 g/mol. The first-order valence-electron chi connectivity index (χ1n) is 3.81. The van der Waals surface area contributed by atoms with Crippen molar-refractivity contribution in [3.05, 3.63) is 14.5 Å². The van der Waals surface area contributed by atoms with Crippen molar-refractivity contribution < 1.29 is 31.5 Å². The number of ether oxygens (including phenoxy) is 1. The fourth-order valence-corrected chi connectivity index (χ4v) is 2.31. The minimum atomic E-state index is -5.80. The standard InChI is InChI=1S/C7H3BrF5NO2S/c1-16-4(15)2-3(17-5(8)14-2)6(9,10)7(11,12)13/h1H3. The molecule has 0 bridgehead atoms. The van der Waals surface area contributed by atoms with Gasteiger partial charge >= 0.3 is 18.1 Å². The zero-order valence-electron chi connectivity index (χ0n) is 7.94. The summed E-state index contributed by atoms with van der Waals surface area (Å²) >= 11 is 2.67. The van der Waals surface area contributed by atoms with Gasteiger partial charge in [0.25, 0.3) is 0 Å². The summed E-state index contributed by atoms with van der Waals surface area (Å²) in [5.41, 5.74) is -1.05. The zero-order chi connectivity index (χ0) is 13.4. The Hall–Kier alpha value is -0.770. The third kappa shape index (κ3) is 2.57. The average Bonchev–Trinajstić information content (AvgIpc) is 2.58. The van der Waals surface area contributed by atoms with Crippen LogP contribution in [0.25, 0.3) is 0 Å². The van der Waals surface area contributed by atoms with E-state index >= 15 is 0 Å². The molecule has 0 spiro atoms. The number of aromatic nitrogens is 1. The molecule has 1 aromatic rings. The molecule has 17 heavy (non-hydrogen) atoms. The molecule has 0 atom stereocenters. The Morgan fingerprint density at radius 2 is 1.88 bits per heavy atom. The molecule has 0 aliphatic heterocycles. The van der Waals surface area contributed by atoms with Crippen LogP contribution in [0.3, 0.4) is 0 Å². The molecule has 0 aromatic carbocycles. The van der Waals surface area contributed by atoms with E-state index < -0.39 is 28.6 Å². The van der Waals surface area contributed by atoms with Crippen molar-refractivity contribution in [2.24, 2.45) is 0 Å². The molecule has 0 N–H and O–H groups in total. The van der Waals surface area contributed by atoms with Gasteiger partial charge in [0.1, 0.15) is 4.88 Å². The van der Waals surface area contributed by atoms with Crippen molar-refractivity contribution >= 4 is 33.2 Å². The van der Waals surface area contributed by atoms with E-state index in [2.05, 4.69) is 25.7 Å². The fourth-order valence-electron chi connectivity index (χ4n) is 0.871. The minimum absolute atomic E-state index is 0.0266. The van der Waals surface area contributed by atoms with Crippen molar-refractivity contribution in [2.45, 2.75) is 12.1 Å². The molecule has 0 aliphatic rings. The van der Waals surface area contributed by atoms with Gasteiger partial charge < -0.3 is 4.74 Å². The lowest BCUT2D eigenvalue weighted by Crippen LogP contribution is -2.34. The maximum atomic E-state index is 13.1. The SMILES string of the molecule is COC(=O)c1nc(Br)sc1C(F)(F)C(F)(F)F. The van der Waals surface area contributed by atoms with Crippen molar-refractivity contribution in [1.82, 2.24) is 4.98 Å². The molecule has 0 unspecified atom stereocenters. The smallest absolute Gasteiger partial charge is 0.459 e. The summed E-state index contributed by atoms with van der Waals surface area (Å²) < 4.78 is 66.3. The highest BCUT2D eigenvalue weighted by Gasteiger charge is 2.61. The number of carbonyl (C=O) groups excluding carboxylic acids is 1. The second kappa shape index (κ2) is 4.48. The summed E-state index contributed by atoms with van der Waals surface area (Å²) in [6.07, 6.45) is -5.80. The third-order valence-corrected chi connectivity index (χ3v) is 3.20. The first-order valence-corrected chi connectivity index (χ1v) is 5.42. The third-order valence-electron chi connectivity index (χ3n) is 1.62. The van der Waals surface area contributed by atoms with Crippen LogP contribution < -0.4 is 0 Å². The number of rotatable bonds is 2. The number of hydrogen-bond donors (Lipinski definition) is 0. The molecule has 0 saturated heterocycles. The van der Waals surface area contributed by atoms with Gasteiger partial charge in [-0.2, -0.15) is 22.0 Å². The molecule has 0 fully saturated rings. The Morgan fingerprint density at radius 3 is 2.29 bits per heavy atom. The van der Waals surface area contributed by atoms with Crippen LogP contribution in [0.2, 0.25) is 0 Å². The number of carbonyl (C=O) groups is 1. The van der Waals surface area contributed by atoms with E-state index in [-0.39, 0.29) is 15.3 Å². The Bertz CT molecular complexity index is 444. The molecule has 0 saturated carbocycles. The van der Waals surface area contributed by atoms with Gasteiger partial charge in [0.2, 0.25) is 0 Å². The first kappa shape index (κ1) is 14.3. The highest BCUT2D eigenvalue weighted by Crippen LogP contribution is 2.47. The van der Waals surface area contributed by atoms with Gasteiger partial charge in [0.15, 0.2) is 9.61 Å². The maximum Gasteiger partial charge on any atom is 0.459 e. The van der Waals surface area contributed by atoms with Gasteiger partial charge in [-0.25, -0.2) is 9.78 Å². The zero-order valence-corrected chi connectivity index (χ0v) is 10.3. The Balaban J connectivity index is 3.36. The highest BCUT2D eigenvalue weighted by atomic mass is 79.9. The van der Waals surface area contributed by atoms with Gasteiger partial charge in [-0.1, -0.05) is 0 Å². The van der Waals surface area contributed by atoms with Crippen LogP contribution in [-0.4, -0.2) is 24.2 Å². The van der Waals surface area contributed by atoms with Crippen LogP contribution in [0.15, 0.2) is 3.92 Å². The van der Waals surface area contributed by atoms with Gasteiger partial charge in [0.05, 0.1) is 7.11 Å². The maximum absolute atomic E-state index is 13.1. The van der Waals surface area contributed by atoms with Crippen molar-refractivity contribution in [2.75, 3.05) is 7.11 Å². The van der Waals surface area contributed by atoms with E-state index in [0.717, 1.165) is 7.11 Å². The molecule has 1 aromatic heterocycles. The minimum Gasteiger partial charge on any atom is -0.464 e. The summed E-state index contributed by atoms with van der Waals surface area (Å²) in [7, 11) is 0.852. The van der Waals surface area contributed by atoms with E-state index in [1.165, 1.54) is 0 Å². The van der Waals surface area contributed by atoms with Gasteiger partial charge in [-0.05, 0) is 15.9 Å². The van der Waals surface area contributed by atoms with Crippen LogP contribution in [0.4, 0.5) is 22.0 Å². The number of alkyl halides is 5. The van der Waals surface area contributed by atoms with Gasteiger partial charge in [-0.3, -0.25) is 0 Å². The Morgan fingerprint density at radius 1 is 1.35 bits per heavy atom. The van der Waals surface area contributed by atoms with Crippen molar-refractivity contribution in [1.29, 1.82) is 0 Å². The molecule has 10 heteroatoms. The number of hydrogen-bond acceptors (Lipinski definition) is 4. The van der Waals surface area contributed by atoms with E-state index in [0.29, 0.717) is 0 Å². The molecule has 96 valence electrons. The van der Waals surface area contributed by atoms with Crippen LogP contribution in [0.5, 0.6) is 0 Å². The van der Waals surface area contributed by atoms with E-state index in [1.807, 2.05) is 0 Å². The summed E-state index contributed by atoms with van der Waals surface area (Å²) in [4.78, 5) is 12.8. The first-order chi connectivity index (χ1) is 7.61. The van der Waals surface area contributed by atoms with Crippen LogP contribution >= 0.6 is 27.3 Å². The normalized spacial score (nSPS) is 12.6. The summed E-state index contributed by atoms with van der Waals surface area (Å²) in [5, 5.41) is 0.